The van der Waals surface area contributed by atoms with E-state index < -0.39 is 23.1 Å². The number of ether oxygens (including phenoxy) is 1. The van der Waals surface area contributed by atoms with Crippen LogP contribution in [0.5, 0.6) is 0 Å². The summed E-state index contributed by atoms with van der Waals surface area (Å²) in [5.41, 5.74) is -0.370. The van der Waals surface area contributed by atoms with Crippen LogP contribution in [0.15, 0.2) is 18.2 Å². The molecule has 0 radical (unpaired) electrons. The zero-order valence-electron chi connectivity index (χ0n) is 12.1. The molecule has 0 aliphatic rings. The van der Waals surface area contributed by atoms with E-state index >= 15 is 0 Å². The van der Waals surface area contributed by atoms with E-state index in [1.807, 2.05) is 6.92 Å². The molecule has 0 spiro atoms. The molecule has 0 aromatic heterocycles. The van der Waals surface area contributed by atoms with Crippen molar-refractivity contribution in [3.63, 3.8) is 0 Å². The van der Waals surface area contributed by atoms with Gasteiger partial charge >= 0.3 is 0 Å². The number of anilines is 1. The van der Waals surface area contributed by atoms with E-state index in [1.54, 1.807) is 0 Å². The number of halogens is 2. The quantitative estimate of drug-likeness (QED) is 0.676. The highest BCUT2D eigenvalue weighted by atomic mass is 19.2. The van der Waals surface area contributed by atoms with Gasteiger partial charge in [-0.05, 0) is 25.5 Å². The number of carbonyl (C=O) groups excluding carboxylic acids is 1. The average Bonchev–Trinajstić information content (AvgIpc) is 2.41. The minimum Gasteiger partial charge on any atom is -0.396 e. The third-order valence-corrected chi connectivity index (χ3v) is 3.01. The summed E-state index contributed by atoms with van der Waals surface area (Å²) < 4.78 is 30.8. The summed E-state index contributed by atoms with van der Waals surface area (Å²) in [6.45, 7) is 2.06. The van der Waals surface area contributed by atoms with Gasteiger partial charge in [-0.3, -0.25) is 4.79 Å². The highest BCUT2D eigenvalue weighted by Crippen LogP contribution is 2.13. The first kappa shape index (κ1) is 17.5. The van der Waals surface area contributed by atoms with Crippen LogP contribution in [0.4, 0.5) is 14.5 Å². The van der Waals surface area contributed by atoms with Crippen molar-refractivity contribution in [3.05, 3.63) is 29.8 Å². The Morgan fingerprint density at radius 3 is 2.67 bits per heavy atom. The zero-order chi connectivity index (χ0) is 15.9. The second-order valence-corrected chi connectivity index (χ2v) is 5.00. The standard InChI is InChI=1S/C14H20F2N2O3/c1-14(5-6-19,9-21-2)17-8-13(20)18-10-3-4-11(15)12(16)7-10/h3-4,7,17,19H,5-6,8-9H2,1-2H3,(H,18,20). The Kier molecular flexibility index (Phi) is 6.67. The molecule has 0 bridgehead atoms. The maximum Gasteiger partial charge on any atom is 0.238 e. The van der Waals surface area contributed by atoms with Crippen molar-refractivity contribution < 1.29 is 23.4 Å². The van der Waals surface area contributed by atoms with Crippen LogP contribution in [0.2, 0.25) is 0 Å². The normalized spacial score (nSPS) is 13.8. The van der Waals surface area contributed by atoms with Gasteiger partial charge < -0.3 is 20.5 Å². The van der Waals surface area contributed by atoms with E-state index in [-0.39, 0.29) is 18.8 Å². The highest BCUT2D eigenvalue weighted by Gasteiger charge is 2.23. The van der Waals surface area contributed by atoms with Crippen molar-refractivity contribution in [2.75, 3.05) is 32.2 Å². The summed E-state index contributed by atoms with van der Waals surface area (Å²) in [4.78, 5) is 11.8. The van der Waals surface area contributed by atoms with Crippen molar-refractivity contribution >= 4 is 11.6 Å². The van der Waals surface area contributed by atoms with Gasteiger partial charge in [0, 0.05) is 31.0 Å². The molecule has 7 heteroatoms. The first-order valence-electron chi connectivity index (χ1n) is 6.50. The monoisotopic (exact) mass is 302 g/mol. The molecule has 21 heavy (non-hydrogen) atoms. The van der Waals surface area contributed by atoms with Crippen molar-refractivity contribution in [1.82, 2.24) is 5.32 Å². The molecular formula is C14H20F2N2O3. The lowest BCUT2D eigenvalue weighted by atomic mass is 9.99. The molecule has 0 aliphatic carbocycles. The van der Waals surface area contributed by atoms with E-state index in [4.69, 9.17) is 9.84 Å². The first-order valence-corrected chi connectivity index (χ1v) is 6.50. The van der Waals surface area contributed by atoms with Gasteiger partial charge in [0.05, 0.1) is 13.2 Å². The molecule has 1 aromatic carbocycles. The lowest BCUT2D eigenvalue weighted by Crippen LogP contribution is -2.49. The van der Waals surface area contributed by atoms with Crippen LogP contribution in [0, 0.1) is 11.6 Å². The molecule has 0 saturated carbocycles. The predicted molar refractivity (Wildman–Crippen MR) is 75.0 cm³/mol. The Hall–Kier alpha value is -1.57. The first-order chi connectivity index (χ1) is 9.90. The largest absolute Gasteiger partial charge is 0.396 e. The molecule has 5 nitrogen and oxygen atoms in total. The highest BCUT2D eigenvalue weighted by molar-refractivity contribution is 5.92. The predicted octanol–water partition coefficient (Wildman–Crippen LogP) is 1.28. The van der Waals surface area contributed by atoms with Gasteiger partial charge in [0.1, 0.15) is 0 Å². The van der Waals surface area contributed by atoms with Crippen LogP contribution in [-0.4, -0.2) is 43.4 Å². The summed E-state index contributed by atoms with van der Waals surface area (Å²) in [6.07, 6.45) is 0.416. The second kappa shape index (κ2) is 8.02. The molecule has 1 amide bonds. The van der Waals surface area contributed by atoms with Crippen LogP contribution in [-0.2, 0) is 9.53 Å². The smallest absolute Gasteiger partial charge is 0.238 e. The van der Waals surface area contributed by atoms with Gasteiger partial charge in [-0.25, -0.2) is 8.78 Å². The Balaban J connectivity index is 2.54. The molecule has 1 atom stereocenters. The fraction of sp³-hybridized carbons (Fsp3) is 0.500. The van der Waals surface area contributed by atoms with Crippen LogP contribution in [0.3, 0.4) is 0 Å². The van der Waals surface area contributed by atoms with Gasteiger partial charge in [0.15, 0.2) is 11.6 Å². The molecule has 0 saturated heterocycles. The number of methoxy groups -OCH3 is 1. The van der Waals surface area contributed by atoms with Gasteiger partial charge in [0.25, 0.3) is 0 Å². The van der Waals surface area contributed by atoms with E-state index in [0.717, 1.165) is 12.1 Å². The minimum atomic E-state index is -1.02. The maximum absolute atomic E-state index is 13.0. The van der Waals surface area contributed by atoms with Gasteiger partial charge in [-0.15, -0.1) is 0 Å². The number of hydrogen-bond acceptors (Lipinski definition) is 4. The second-order valence-electron chi connectivity index (χ2n) is 5.00. The summed E-state index contributed by atoms with van der Waals surface area (Å²) in [6, 6.07) is 3.13. The minimum absolute atomic E-state index is 0.0428. The zero-order valence-corrected chi connectivity index (χ0v) is 12.1. The number of rotatable bonds is 8. The van der Waals surface area contributed by atoms with Crippen molar-refractivity contribution in [2.24, 2.45) is 0 Å². The fourth-order valence-electron chi connectivity index (χ4n) is 1.85. The molecule has 1 aromatic rings. The van der Waals surface area contributed by atoms with Crippen LogP contribution in [0.1, 0.15) is 13.3 Å². The Morgan fingerprint density at radius 1 is 1.38 bits per heavy atom. The number of carbonyl (C=O) groups is 1. The summed E-state index contributed by atoms with van der Waals surface area (Å²) >= 11 is 0. The number of aliphatic hydroxyl groups is 1. The van der Waals surface area contributed by atoms with Crippen molar-refractivity contribution in [2.45, 2.75) is 18.9 Å². The van der Waals surface area contributed by atoms with Crippen LogP contribution in [0.25, 0.3) is 0 Å². The molecular weight excluding hydrogens is 282 g/mol. The van der Waals surface area contributed by atoms with Crippen LogP contribution >= 0.6 is 0 Å². The topological polar surface area (TPSA) is 70.6 Å². The van der Waals surface area contributed by atoms with Crippen LogP contribution < -0.4 is 10.6 Å². The number of hydrogen-bond donors (Lipinski definition) is 3. The number of aliphatic hydroxyl groups excluding tert-OH is 1. The third-order valence-electron chi connectivity index (χ3n) is 3.01. The molecule has 0 heterocycles. The Morgan fingerprint density at radius 2 is 2.10 bits per heavy atom. The molecule has 0 aliphatic heterocycles. The molecule has 0 fully saturated rings. The molecule has 3 N–H and O–H groups in total. The fourth-order valence-corrected chi connectivity index (χ4v) is 1.85. The molecule has 1 unspecified atom stereocenters. The SMILES string of the molecule is COCC(C)(CCO)NCC(=O)Nc1ccc(F)c(F)c1. The third kappa shape index (κ3) is 5.74. The lowest BCUT2D eigenvalue weighted by Gasteiger charge is -2.29. The maximum atomic E-state index is 13.0. The van der Waals surface area contributed by atoms with Crippen molar-refractivity contribution in [1.29, 1.82) is 0 Å². The summed E-state index contributed by atoms with van der Waals surface area (Å²) in [7, 11) is 1.53. The van der Waals surface area contributed by atoms with Crippen molar-refractivity contribution in [3.8, 4) is 0 Å². The van der Waals surface area contributed by atoms with Gasteiger partial charge in [-0.2, -0.15) is 0 Å². The summed E-state index contributed by atoms with van der Waals surface area (Å²) in [5, 5.41) is 14.4. The Bertz CT molecular complexity index is 477. The molecule has 118 valence electrons. The van der Waals surface area contributed by atoms with E-state index in [9.17, 15) is 13.6 Å². The number of amides is 1. The average molecular weight is 302 g/mol. The lowest BCUT2D eigenvalue weighted by molar-refractivity contribution is -0.115. The van der Waals surface area contributed by atoms with E-state index in [1.165, 1.54) is 13.2 Å². The van der Waals surface area contributed by atoms with Gasteiger partial charge in [0.2, 0.25) is 5.91 Å². The van der Waals surface area contributed by atoms with E-state index in [2.05, 4.69) is 10.6 Å². The number of benzene rings is 1. The number of nitrogens with one attached hydrogen (secondary N) is 2. The molecule has 1 rings (SSSR count). The van der Waals surface area contributed by atoms with E-state index in [0.29, 0.717) is 13.0 Å². The van der Waals surface area contributed by atoms with Gasteiger partial charge in [-0.1, -0.05) is 0 Å². The Labute approximate surface area is 122 Å². The summed E-state index contributed by atoms with van der Waals surface area (Å²) in [5.74, 6) is -2.40.